The van der Waals surface area contributed by atoms with Gasteiger partial charge in [-0.3, -0.25) is 0 Å². The molecule has 1 aliphatic heterocycles. The van der Waals surface area contributed by atoms with E-state index in [-0.39, 0.29) is 24.1 Å². The van der Waals surface area contributed by atoms with Crippen molar-refractivity contribution in [3.63, 3.8) is 0 Å². The maximum Gasteiger partial charge on any atom is 0.495 e. The van der Waals surface area contributed by atoms with Crippen LogP contribution in [-0.4, -0.2) is 23.4 Å². The summed E-state index contributed by atoms with van der Waals surface area (Å²) in [6.07, 6.45) is 0. The lowest BCUT2D eigenvalue weighted by Crippen LogP contribution is -2.41. The van der Waals surface area contributed by atoms with Crippen molar-refractivity contribution >= 4 is 35.2 Å². The van der Waals surface area contributed by atoms with Gasteiger partial charge >= 0.3 is 7.12 Å². The van der Waals surface area contributed by atoms with E-state index in [1.54, 1.807) is 12.1 Å². The molecule has 0 aliphatic carbocycles. The van der Waals surface area contributed by atoms with E-state index < -0.39 is 0 Å². The van der Waals surface area contributed by atoms with Gasteiger partial charge in [0.2, 0.25) is 0 Å². The molecule has 0 aromatic heterocycles. The van der Waals surface area contributed by atoms with Crippen molar-refractivity contribution in [2.24, 2.45) is 0 Å². The van der Waals surface area contributed by atoms with Crippen LogP contribution in [-0.2, 0) is 9.31 Å². The monoisotopic (exact) mass is 346 g/mol. The maximum absolute atomic E-state index is 9.40. The molecule has 92 valence electrons. The minimum atomic E-state index is -0.368. The summed E-state index contributed by atoms with van der Waals surface area (Å²) in [5.74, 6) is 0.259. The van der Waals surface area contributed by atoms with Crippen LogP contribution in [0.15, 0.2) is 18.2 Å². The van der Waals surface area contributed by atoms with Crippen molar-refractivity contribution in [2.75, 3.05) is 0 Å². The summed E-state index contributed by atoms with van der Waals surface area (Å²) < 4.78 is 12.9. The fourth-order valence-electron chi connectivity index (χ4n) is 1.68. The highest BCUT2D eigenvalue weighted by Gasteiger charge is 2.52. The highest BCUT2D eigenvalue weighted by molar-refractivity contribution is 14.1. The van der Waals surface area contributed by atoms with Gasteiger partial charge in [0.1, 0.15) is 5.75 Å². The van der Waals surface area contributed by atoms with Crippen LogP contribution < -0.4 is 5.46 Å². The highest BCUT2D eigenvalue weighted by atomic mass is 127. The second kappa shape index (κ2) is 4.14. The average molecular weight is 346 g/mol. The smallest absolute Gasteiger partial charge is 0.495 e. The zero-order valence-electron chi connectivity index (χ0n) is 10.5. The van der Waals surface area contributed by atoms with Crippen LogP contribution in [0.1, 0.15) is 27.7 Å². The molecule has 1 fully saturated rings. The predicted octanol–water partition coefficient (Wildman–Crippen LogP) is 2.30. The Bertz CT molecular complexity index is 429. The summed E-state index contributed by atoms with van der Waals surface area (Å²) in [6.45, 7) is 8.11. The molecule has 1 aromatic carbocycles. The quantitative estimate of drug-likeness (QED) is 0.627. The molecular weight excluding hydrogens is 330 g/mol. The lowest BCUT2D eigenvalue weighted by molar-refractivity contribution is 0.00578. The van der Waals surface area contributed by atoms with E-state index in [4.69, 9.17) is 9.31 Å². The van der Waals surface area contributed by atoms with Crippen molar-refractivity contribution in [2.45, 2.75) is 38.9 Å². The first-order chi connectivity index (χ1) is 7.73. The Morgan fingerprint density at radius 3 is 2.12 bits per heavy atom. The van der Waals surface area contributed by atoms with E-state index in [0.29, 0.717) is 0 Å². The van der Waals surface area contributed by atoms with Gasteiger partial charge in [0.25, 0.3) is 0 Å². The second-order valence-corrected chi connectivity index (χ2v) is 6.46. The van der Waals surface area contributed by atoms with Gasteiger partial charge in [-0.25, -0.2) is 0 Å². The standard InChI is InChI=1S/C12H16BIO3/c1-11(2)12(3,4)17-13(16-11)9-6-5-8(15)7-10(9)14/h5-7,15H,1-4H3. The zero-order valence-corrected chi connectivity index (χ0v) is 12.6. The van der Waals surface area contributed by atoms with Crippen LogP contribution in [0, 0.1) is 3.57 Å². The minimum Gasteiger partial charge on any atom is -0.508 e. The van der Waals surface area contributed by atoms with Crippen molar-refractivity contribution in [3.8, 4) is 5.75 Å². The molecule has 0 atom stereocenters. The number of aromatic hydroxyl groups is 1. The Labute approximate surface area is 116 Å². The molecule has 0 spiro atoms. The molecule has 0 saturated carbocycles. The van der Waals surface area contributed by atoms with Gasteiger partial charge in [0, 0.05) is 3.57 Å². The molecule has 1 N–H and O–H groups in total. The molecule has 0 unspecified atom stereocenters. The van der Waals surface area contributed by atoms with Gasteiger partial charge in [-0.2, -0.15) is 0 Å². The van der Waals surface area contributed by atoms with E-state index in [9.17, 15) is 5.11 Å². The lowest BCUT2D eigenvalue weighted by Gasteiger charge is -2.32. The number of halogens is 1. The number of hydrogen-bond donors (Lipinski definition) is 1. The van der Waals surface area contributed by atoms with E-state index in [2.05, 4.69) is 22.6 Å². The predicted molar refractivity (Wildman–Crippen MR) is 76.5 cm³/mol. The average Bonchev–Trinajstić information content (AvgIpc) is 2.35. The normalized spacial score (nSPS) is 21.8. The van der Waals surface area contributed by atoms with Crippen LogP contribution in [0.3, 0.4) is 0 Å². The third kappa shape index (κ3) is 2.32. The topological polar surface area (TPSA) is 38.7 Å². The van der Waals surface area contributed by atoms with Crippen molar-refractivity contribution in [1.82, 2.24) is 0 Å². The van der Waals surface area contributed by atoms with Gasteiger partial charge in [0.05, 0.1) is 11.2 Å². The van der Waals surface area contributed by atoms with Gasteiger partial charge in [0.15, 0.2) is 0 Å². The molecule has 0 radical (unpaired) electrons. The minimum absolute atomic E-state index is 0.259. The van der Waals surface area contributed by atoms with E-state index >= 15 is 0 Å². The van der Waals surface area contributed by atoms with Gasteiger partial charge in [-0.15, -0.1) is 0 Å². The van der Waals surface area contributed by atoms with Gasteiger partial charge in [-0.05, 0) is 67.9 Å². The Hall–Kier alpha value is -0.265. The summed E-state index contributed by atoms with van der Waals surface area (Å²) in [6, 6.07) is 5.21. The van der Waals surface area contributed by atoms with Crippen molar-refractivity contribution < 1.29 is 14.4 Å². The Balaban J connectivity index is 2.32. The first-order valence-electron chi connectivity index (χ1n) is 5.57. The van der Waals surface area contributed by atoms with Crippen LogP contribution in [0.5, 0.6) is 5.75 Å². The number of phenols is 1. The molecule has 1 heterocycles. The second-order valence-electron chi connectivity index (χ2n) is 5.29. The molecule has 5 heteroatoms. The molecule has 0 amide bonds. The number of rotatable bonds is 1. The van der Waals surface area contributed by atoms with E-state index in [0.717, 1.165) is 9.03 Å². The Kier molecular flexibility index (Phi) is 3.21. The van der Waals surface area contributed by atoms with Crippen molar-refractivity contribution in [1.29, 1.82) is 0 Å². The van der Waals surface area contributed by atoms with E-state index in [1.165, 1.54) is 0 Å². The molecule has 0 bridgehead atoms. The first kappa shape index (κ1) is 13.2. The van der Waals surface area contributed by atoms with Gasteiger partial charge in [-0.1, -0.05) is 6.07 Å². The van der Waals surface area contributed by atoms with Crippen LogP contribution in [0.4, 0.5) is 0 Å². The summed E-state index contributed by atoms with van der Waals surface area (Å²) in [5.41, 5.74) is 0.291. The van der Waals surface area contributed by atoms with Crippen LogP contribution in [0.2, 0.25) is 0 Å². The molecular formula is C12H16BIO3. The molecule has 3 nitrogen and oxygen atoms in total. The van der Waals surface area contributed by atoms with Crippen molar-refractivity contribution in [3.05, 3.63) is 21.8 Å². The fraction of sp³-hybridized carbons (Fsp3) is 0.500. The van der Waals surface area contributed by atoms with Crippen LogP contribution >= 0.6 is 22.6 Å². The lowest BCUT2D eigenvalue weighted by atomic mass is 9.79. The number of hydrogen-bond acceptors (Lipinski definition) is 3. The summed E-state index contributed by atoms with van der Waals surface area (Å²) in [5, 5.41) is 9.40. The maximum atomic E-state index is 9.40. The molecule has 1 aromatic rings. The van der Waals surface area contributed by atoms with Crippen LogP contribution in [0.25, 0.3) is 0 Å². The summed E-state index contributed by atoms with van der Waals surface area (Å²) in [4.78, 5) is 0. The number of phenolic OH excluding ortho intramolecular Hbond substituents is 1. The molecule has 1 aliphatic rings. The fourth-order valence-corrected chi connectivity index (χ4v) is 2.43. The zero-order chi connectivity index (χ0) is 12.8. The van der Waals surface area contributed by atoms with Gasteiger partial charge < -0.3 is 14.4 Å². The first-order valence-corrected chi connectivity index (χ1v) is 6.65. The Morgan fingerprint density at radius 2 is 1.65 bits per heavy atom. The number of benzene rings is 1. The summed E-state index contributed by atoms with van der Waals surface area (Å²) in [7, 11) is -0.368. The largest absolute Gasteiger partial charge is 0.508 e. The molecule has 17 heavy (non-hydrogen) atoms. The SMILES string of the molecule is CC1(C)OB(c2ccc(O)cc2I)OC1(C)C. The summed E-state index contributed by atoms with van der Waals surface area (Å²) >= 11 is 2.18. The Morgan fingerprint density at radius 1 is 1.12 bits per heavy atom. The highest BCUT2D eigenvalue weighted by Crippen LogP contribution is 2.36. The third-order valence-corrected chi connectivity index (χ3v) is 4.43. The van der Waals surface area contributed by atoms with E-state index in [1.807, 2.05) is 33.8 Å². The third-order valence-electron chi connectivity index (χ3n) is 3.49. The molecule has 2 rings (SSSR count). The molecule has 1 saturated heterocycles.